The van der Waals surface area contributed by atoms with Gasteiger partial charge in [-0.05, 0) is 52.9 Å². The monoisotopic (exact) mass is 270 g/mol. The molecule has 5 heteroatoms. The van der Waals surface area contributed by atoms with Crippen molar-refractivity contribution in [2.75, 3.05) is 46.9 Å². The zero-order chi connectivity index (χ0) is 13.9. The van der Waals surface area contributed by atoms with Crippen molar-refractivity contribution < 1.29 is 14.6 Å². The van der Waals surface area contributed by atoms with Gasteiger partial charge in [0.15, 0.2) is 0 Å². The van der Waals surface area contributed by atoms with Gasteiger partial charge in [0, 0.05) is 19.2 Å². The molecule has 0 aliphatic carbocycles. The summed E-state index contributed by atoms with van der Waals surface area (Å²) in [5.74, 6) is -0.702. The van der Waals surface area contributed by atoms with Gasteiger partial charge in [-0.15, -0.1) is 0 Å². The topological polar surface area (TPSA) is 53.0 Å². The number of carbonyl (C=O) groups is 1. The van der Waals surface area contributed by atoms with Gasteiger partial charge in [0.25, 0.3) is 0 Å². The second-order valence-electron chi connectivity index (χ2n) is 6.19. The summed E-state index contributed by atoms with van der Waals surface area (Å²) < 4.78 is 5.44. The van der Waals surface area contributed by atoms with Gasteiger partial charge in [0.1, 0.15) is 5.41 Å². The molecule has 110 valence electrons. The minimum atomic E-state index is -0.702. The molecule has 0 amide bonds. The molecule has 0 radical (unpaired) electrons. The van der Waals surface area contributed by atoms with Gasteiger partial charge in [-0.25, -0.2) is 0 Å². The first-order chi connectivity index (χ1) is 9.03. The summed E-state index contributed by atoms with van der Waals surface area (Å²) in [6.45, 7) is 3.88. The third-order valence-electron chi connectivity index (χ3n) is 4.64. The normalized spacial score (nSPS) is 30.7. The van der Waals surface area contributed by atoms with E-state index in [1.54, 1.807) is 0 Å². The molecule has 19 heavy (non-hydrogen) atoms. The molecule has 0 bridgehead atoms. The maximum atomic E-state index is 11.6. The van der Waals surface area contributed by atoms with Crippen LogP contribution in [0.1, 0.15) is 25.7 Å². The van der Waals surface area contributed by atoms with Crippen molar-refractivity contribution in [1.29, 1.82) is 0 Å². The van der Waals surface area contributed by atoms with Gasteiger partial charge >= 0.3 is 5.97 Å². The van der Waals surface area contributed by atoms with Crippen LogP contribution in [-0.2, 0) is 9.53 Å². The van der Waals surface area contributed by atoms with Crippen LogP contribution in [0, 0.1) is 5.41 Å². The number of carboxylic acids is 1. The zero-order valence-electron chi connectivity index (χ0n) is 12.1. The average molecular weight is 270 g/mol. The van der Waals surface area contributed by atoms with E-state index in [2.05, 4.69) is 23.9 Å². The lowest BCUT2D eigenvalue weighted by atomic mass is 9.81. The van der Waals surface area contributed by atoms with E-state index in [9.17, 15) is 9.90 Å². The summed E-state index contributed by atoms with van der Waals surface area (Å²) in [4.78, 5) is 16.2. The molecule has 2 aliphatic heterocycles. The number of likely N-dealkylation sites (tertiary alicyclic amines) is 1. The highest BCUT2D eigenvalue weighted by atomic mass is 16.5. The summed E-state index contributed by atoms with van der Waals surface area (Å²) in [7, 11) is 4.21. The van der Waals surface area contributed by atoms with E-state index in [-0.39, 0.29) is 0 Å². The largest absolute Gasteiger partial charge is 0.481 e. The molecular formula is C14H26N2O3. The van der Waals surface area contributed by atoms with Crippen LogP contribution in [0.25, 0.3) is 0 Å². The highest BCUT2D eigenvalue weighted by Crippen LogP contribution is 2.31. The minimum absolute atomic E-state index is 0.360. The van der Waals surface area contributed by atoms with Crippen molar-refractivity contribution in [3.05, 3.63) is 0 Å². The highest BCUT2D eigenvalue weighted by molar-refractivity contribution is 5.75. The molecule has 0 aromatic heterocycles. The van der Waals surface area contributed by atoms with Crippen LogP contribution in [0.2, 0.25) is 0 Å². The van der Waals surface area contributed by atoms with E-state index >= 15 is 0 Å². The predicted octanol–water partition coefficient (Wildman–Crippen LogP) is 0.894. The second-order valence-corrected chi connectivity index (χ2v) is 6.19. The van der Waals surface area contributed by atoms with Crippen LogP contribution in [0.3, 0.4) is 0 Å². The van der Waals surface area contributed by atoms with Gasteiger partial charge < -0.3 is 19.6 Å². The smallest absolute Gasteiger partial charge is 0.313 e. The Bertz CT molecular complexity index is 308. The average Bonchev–Trinajstić information content (AvgIpc) is 2.40. The molecule has 0 saturated carbocycles. The molecule has 2 heterocycles. The maximum Gasteiger partial charge on any atom is 0.313 e. The van der Waals surface area contributed by atoms with Crippen LogP contribution in [0.15, 0.2) is 0 Å². The summed E-state index contributed by atoms with van der Waals surface area (Å²) >= 11 is 0. The fourth-order valence-electron chi connectivity index (χ4n) is 3.26. The lowest BCUT2D eigenvalue weighted by Crippen LogP contribution is -2.51. The Morgan fingerprint density at radius 2 is 2.16 bits per heavy atom. The van der Waals surface area contributed by atoms with Crippen LogP contribution >= 0.6 is 0 Å². The lowest BCUT2D eigenvalue weighted by molar-refractivity contribution is -0.159. The van der Waals surface area contributed by atoms with Crippen molar-refractivity contribution in [2.45, 2.75) is 31.7 Å². The Morgan fingerprint density at radius 1 is 1.47 bits per heavy atom. The minimum Gasteiger partial charge on any atom is -0.481 e. The van der Waals surface area contributed by atoms with Crippen molar-refractivity contribution in [2.24, 2.45) is 5.41 Å². The first-order valence-electron chi connectivity index (χ1n) is 7.23. The Morgan fingerprint density at radius 3 is 2.68 bits per heavy atom. The Balaban J connectivity index is 1.95. The second kappa shape index (κ2) is 6.20. The molecule has 2 fully saturated rings. The van der Waals surface area contributed by atoms with E-state index in [1.807, 2.05) is 0 Å². The molecule has 1 atom stereocenters. The molecule has 1 unspecified atom stereocenters. The number of piperidine rings is 1. The molecule has 2 aliphatic rings. The van der Waals surface area contributed by atoms with Crippen molar-refractivity contribution in [3.63, 3.8) is 0 Å². The molecule has 5 nitrogen and oxygen atoms in total. The van der Waals surface area contributed by atoms with Gasteiger partial charge in [0.05, 0.1) is 6.61 Å². The SMILES string of the molecule is CN1CCC(N(C)CC2(C(=O)O)CCCOC2)CC1. The van der Waals surface area contributed by atoms with Crippen LogP contribution in [0.4, 0.5) is 0 Å². The van der Waals surface area contributed by atoms with E-state index in [4.69, 9.17) is 4.74 Å². The van der Waals surface area contributed by atoms with E-state index in [0.29, 0.717) is 25.8 Å². The van der Waals surface area contributed by atoms with Crippen LogP contribution < -0.4 is 0 Å². The standard InChI is InChI=1S/C14H26N2O3/c1-15-7-4-12(5-8-15)16(2)10-14(13(17)18)6-3-9-19-11-14/h12H,3-11H2,1-2H3,(H,17,18). The number of aliphatic carboxylic acids is 1. The van der Waals surface area contributed by atoms with Crippen LogP contribution in [0.5, 0.6) is 0 Å². The maximum absolute atomic E-state index is 11.6. The number of nitrogens with zero attached hydrogens (tertiary/aromatic N) is 2. The Labute approximate surface area is 115 Å². The number of hydrogen-bond acceptors (Lipinski definition) is 4. The third kappa shape index (κ3) is 3.46. The van der Waals surface area contributed by atoms with E-state index < -0.39 is 11.4 Å². The Hall–Kier alpha value is -0.650. The summed E-state index contributed by atoms with van der Waals surface area (Å²) in [5.41, 5.74) is -0.698. The molecule has 0 spiro atoms. The molecule has 0 aromatic carbocycles. The number of hydrogen-bond donors (Lipinski definition) is 1. The van der Waals surface area contributed by atoms with Crippen molar-refractivity contribution in [1.82, 2.24) is 9.80 Å². The number of rotatable bonds is 4. The molecule has 1 N–H and O–H groups in total. The first kappa shape index (κ1) is 14.8. The highest BCUT2D eigenvalue weighted by Gasteiger charge is 2.42. The summed E-state index contributed by atoms with van der Waals surface area (Å²) in [5, 5.41) is 9.56. The van der Waals surface area contributed by atoms with E-state index in [0.717, 1.165) is 38.8 Å². The predicted molar refractivity (Wildman–Crippen MR) is 73.3 cm³/mol. The van der Waals surface area contributed by atoms with Gasteiger partial charge in [-0.3, -0.25) is 4.79 Å². The fourth-order valence-corrected chi connectivity index (χ4v) is 3.26. The van der Waals surface area contributed by atoms with Gasteiger partial charge in [-0.1, -0.05) is 0 Å². The summed E-state index contributed by atoms with van der Waals surface area (Å²) in [6, 6.07) is 0.509. The first-order valence-corrected chi connectivity index (χ1v) is 7.23. The van der Waals surface area contributed by atoms with Crippen molar-refractivity contribution in [3.8, 4) is 0 Å². The quantitative estimate of drug-likeness (QED) is 0.822. The summed E-state index contributed by atoms with van der Waals surface area (Å²) in [6.07, 6.45) is 3.85. The Kier molecular flexibility index (Phi) is 4.81. The molecule has 2 rings (SSSR count). The van der Waals surface area contributed by atoms with E-state index in [1.165, 1.54) is 0 Å². The van der Waals surface area contributed by atoms with Gasteiger partial charge in [0.2, 0.25) is 0 Å². The van der Waals surface area contributed by atoms with Crippen molar-refractivity contribution >= 4 is 5.97 Å². The van der Waals surface area contributed by atoms with Gasteiger partial charge in [-0.2, -0.15) is 0 Å². The third-order valence-corrected chi connectivity index (χ3v) is 4.64. The zero-order valence-corrected chi connectivity index (χ0v) is 12.1. The molecule has 0 aromatic rings. The number of carboxylic acid groups (broad SMARTS) is 1. The lowest BCUT2D eigenvalue weighted by Gasteiger charge is -2.41. The van der Waals surface area contributed by atoms with Crippen LogP contribution in [-0.4, -0.2) is 73.9 Å². The molecular weight excluding hydrogens is 244 g/mol. The number of ether oxygens (including phenoxy) is 1. The fraction of sp³-hybridized carbons (Fsp3) is 0.929. The molecule has 2 saturated heterocycles.